The number of aliphatic hydroxyl groups is 1. The second-order valence-electron chi connectivity index (χ2n) is 6.69. The van der Waals surface area contributed by atoms with Crippen molar-refractivity contribution in [3.05, 3.63) is 84.1 Å². The summed E-state index contributed by atoms with van der Waals surface area (Å²) in [5.74, 6) is 1.24. The molecule has 2 aromatic heterocycles. The SMILES string of the molecule is Cn1ccc2c(NCc3ccccc3)nc(N[C@H](CO)c3ccccc3)nc21. The Kier molecular flexibility index (Phi) is 5.21. The van der Waals surface area contributed by atoms with Crippen LogP contribution in [0.3, 0.4) is 0 Å². The molecule has 0 amide bonds. The van der Waals surface area contributed by atoms with Gasteiger partial charge in [-0.25, -0.2) is 0 Å². The van der Waals surface area contributed by atoms with Crippen molar-refractivity contribution in [3.8, 4) is 0 Å². The molecule has 2 heterocycles. The van der Waals surface area contributed by atoms with Crippen LogP contribution in [-0.2, 0) is 13.6 Å². The lowest BCUT2D eigenvalue weighted by atomic mass is 10.1. The van der Waals surface area contributed by atoms with Crippen LogP contribution in [0.15, 0.2) is 72.9 Å². The highest BCUT2D eigenvalue weighted by molar-refractivity contribution is 5.88. The smallest absolute Gasteiger partial charge is 0.227 e. The monoisotopic (exact) mass is 373 g/mol. The number of anilines is 2. The molecule has 28 heavy (non-hydrogen) atoms. The molecule has 0 saturated heterocycles. The highest BCUT2D eigenvalue weighted by Crippen LogP contribution is 2.25. The van der Waals surface area contributed by atoms with Gasteiger partial charge in [0.1, 0.15) is 11.5 Å². The normalized spacial score (nSPS) is 12.1. The highest BCUT2D eigenvalue weighted by atomic mass is 16.3. The zero-order chi connectivity index (χ0) is 19.3. The quantitative estimate of drug-likeness (QED) is 0.460. The summed E-state index contributed by atoms with van der Waals surface area (Å²) in [5, 5.41) is 17.5. The van der Waals surface area contributed by atoms with E-state index >= 15 is 0 Å². The van der Waals surface area contributed by atoms with Gasteiger partial charge in [-0.2, -0.15) is 9.97 Å². The summed E-state index contributed by atoms with van der Waals surface area (Å²) in [6, 6.07) is 21.7. The summed E-state index contributed by atoms with van der Waals surface area (Å²) in [5.41, 5.74) is 2.99. The molecule has 0 radical (unpaired) electrons. The lowest BCUT2D eigenvalue weighted by Gasteiger charge is -2.18. The Morgan fingerprint density at radius 1 is 0.964 bits per heavy atom. The molecule has 1 atom stereocenters. The first-order chi connectivity index (χ1) is 13.7. The summed E-state index contributed by atoms with van der Waals surface area (Å²) in [7, 11) is 1.96. The molecule has 0 unspecified atom stereocenters. The van der Waals surface area contributed by atoms with E-state index in [9.17, 15) is 5.11 Å². The van der Waals surface area contributed by atoms with Crippen LogP contribution in [0.1, 0.15) is 17.2 Å². The zero-order valence-electron chi connectivity index (χ0n) is 15.7. The van der Waals surface area contributed by atoms with Gasteiger partial charge in [0.05, 0.1) is 18.0 Å². The van der Waals surface area contributed by atoms with E-state index in [1.54, 1.807) is 0 Å². The Balaban J connectivity index is 1.64. The molecule has 0 bridgehead atoms. The minimum absolute atomic E-state index is 0.0503. The van der Waals surface area contributed by atoms with Crippen molar-refractivity contribution in [1.29, 1.82) is 0 Å². The van der Waals surface area contributed by atoms with Crippen LogP contribution < -0.4 is 10.6 Å². The van der Waals surface area contributed by atoms with E-state index in [4.69, 9.17) is 0 Å². The number of fused-ring (bicyclic) bond motifs is 1. The Labute approximate surface area is 163 Å². The molecule has 0 saturated carbocycles. The summed E-state index contributed by atoms with van der Waals surface area (Å²) >= 11 is 0. The molecule has 0 spiro atoms. The maximum Gasteiger partial charge on any atom is 0.227 e. The van der Waals surface area contributed by atoms with Gasteiger partial charge in [-0.3, -0.25) is 0 Å². The molecule has 0 aliphatic heterocycles. The lowest BCUT2D eigenvalue weighted by Crippen LogP contribution is -2.17. The van der Waals surface area contributed by atoms with Crippen LogP contribution in [0, 0.1) is 0 Å². The van der Waals surface area contributed by atoms with E-state index in [0.29, 0.717) is 12.5 Å². The fraction of sp³-hybridized carbons (Fsp3) is 0.182. The summed E-state index contributed by atoms with van der Waals surface area (Å²) in [6.07, 6.45) is 1.97. The number of benzene rings is 2. The first kappa shape index (κ1) is 18.0. The van der Waals surface area contributed by atoms with Gasteiger partial charge in [0.2, 0.25) is 5.95 Å². The van der Waals surface area contributed by atoms with Crippen molar-refractivity contribution in [2.45, 2.75) is 12.6 Å². The number of hydrogen-bond acceptors (Lipinski definition) is 5. The van der Waals surface area contributed by atoms with Crippen LogP contribution in [-0.4, -0.2) is 26.2 Å². The Bertz CT molecular complexity index is 1050. The first-order valence-electron chi connectivity index (χ1n) is 9.28. The number of aliphatic hydroxyl groups excluding tert-OH is 1. The molecular weight excluding hydrogens is 350 g/mol. The second-order valence-corrected chi connectivity index (χ2v) is 6.69. The van der Waals surface area contributed by atoms with Gasteiger partial charge >= 0.3 is 0 Å². The van der Waals surface area contributed by atoms with Gasteiger partial charge < -0.3 is 20.3 Å². The van der Waals surface area contributed by atoms with Crippen molar-refractivity contribution in [1.82, 2.24) is 14.5 Å². The second kappa shape index (κ2) is 8.10. The van der Waals surface area contributed by atoms with Crippen molar-refractivity contribution in [2.75, 3.05) is 17.2 Å². The van der Waals surface area contributed by atoms with Crippen LogP contribution in [0.25, 0.3) is 11.0 Å². The third-order valence-electron chi connectivity index (χ3n) is 4.72. The maximum absolute atomic E-state index is 9.85. The van der Waals surface area contributed by atoms with Gasteiger partial charge in [0.25, 0.3) is 0 Å². The molecule has 0 aliphatic carbocycles. The molecule has 2 aromatic carbocycles. The molecule has 4 aromatic rings. The summed E-state index contributed by atoms with van der Waals surface area (Å²) < 4.78 is 1.96. The molecular formula is C22H23N5O. The molecule has 6 nitrogen and oxygen atoms in total. The minimum atomic E-state index is -0.277. The standard InChI is InChI=1S/C22H23N5O/c1-27-13-12-18-20(23-14-16-8-4-2-5-9-16)25-22(26-21(18)27)24-19(15-28)17-10-6-3-7-11-17/h2-13,19,28H,14-15H2,1H3,(H2,23,24,25,26)/t19-/m1/s1. The minimum Gasteiger partial charge on any atom is -0.394 e. The van der Waals surface area contributed by atoms with Gasteiger partial charge in [0.15, 0.2) is 0 Å². The largest absolute Gasteiger partial charge is 0.394 e. The molecule has 4 rings (SSSR count). The van der Waals surface area contributed by atoms with E-state index in [1.165, 1.54) is 5.56 Å². The number of aryl methyl sites for hydroxylation is 1. The highest BCUT2D eigenvalue weighted by Gasteiger charge is 2.15. The van der Waals surface area contributed by atoms with Crippen molar-refractivity contribution < 1.29 is 5.11 Å². The molecule has 0 aliphatic rings. The van der Waals surface area contributed by atoms with Crippen LogP contribution in [0.2, 0.25) is 0 Å². The topological polar surface area (TPSA) is 75.0 Å². The maximum atomic E-state index is 9.85. The average molecular weight is 373 g/mol. The third-order valence-corrected chi connectivity index (χ3v) is 4.72. The van der Waals surface area contributed by atoms with Crippen molar-refractivity contribution in [2.24, 2.45) is 7.05 Å². The first-order valence-corrected chi connectivity index (χ1v) is 9.28. The van der Waals surface area contributed by atoms with E-state index < -0.39 is 0 Å². The predicted octanol–water partition coefficient (Wildman–Crippen LogP) is 3.73. The van der Waals surface area contributed by atoms with Crippen LogP contribution in [0.5, 0.6) is 0 Å². The molecule has 0 fully saturated rings. The van der Waals surface area contributed by atoms with Gasteiger partial charge in [-0.05, 0) is 17.2 Å². The Morgan fingerprint density at radius 2 is 1.68 bits per heavy atom. The number of nitrogens with one attached hydrogen (secondary N) is 2. The van der Waals surface area contributed by atoms with E-state index in [2.05, 4.69) is 32.7 Å². The molecule has 3 N–H and O–H groups in total. The van der Waals surface area contributed by atoms with E-state index in [1.807, 2.05) is 72.4 Å². The Hall–Kier alpha value is -3.38. The Morgan fingerprint density at radius 3 is 2.39 bits per heavy atom. The molecule has 142 valence electrons. The van der Waals surface area contributed by atoms with Crippen LogP contribution in [0.4, 0.5) is 11.8 Å². The zero-order valence-corrected chi connectivity index (χ0v) is 15.7. The number of rotatable bonds is 7. The number of nitrogens with zero attached hydrogens (tertiary/aromatic N) is 3. The number of hydrogen-bond donors (Lipinski definition) is 3. The van der Waals surface area contributed by atoms with Crippen LogP contribution >= 0.6 is 0 Å². The average Bonchev–Trinajstić information content (AvgIpc) is 3.12. The number of aromatic nitrogens is 3. The fourth-order valence-corrected chi connectivity index (χ4v) is 3.19. The summed E-state index contributed by atoms with van der Waals surface area (Å²) in [4.78, 5) is 9.34. The molecule has 6 heteroatoms. The van der Waals surface area contributed by atoms with Gasteiger partial charge in [0, 0.05) is 19.8 Å². The van der Waals surface area contributed by atoms with E-state index in [-0.39, 0.29) is 12.6 Å². The van der Waals surface area contributed by atoms with Gasteiger partial charge in [-0.1, -0.05) is 60.7 Å². The lowest BCUT2D eigenvalue weighted by molar-refractivity contribution is 0.276. The van der Waals surface area contributed by atoms with Crippen molar-refractivity contribution in [3.63, 3.8) is 0 Å². The fourth-order valence-electron chi connectivity index (χ4n) is 3.19. The van der Waals surface area contributed by atoms with Gasteiger partial charge in [-0.15, -0.1) is 0 Å². The van der Waals surface area contributed by atoms with E-state index in [0.717, 1.165) is 22.4 Å². The predicted molar refractivity (Wildman–Crippen MR) is 112 cm³/mol. The summed E-state index contributed by atoms with van der Waals surface area (Å²) in [6.45, 7) is 0.620. The third kappa shape index (κ3) is 3.82. The van der Waals surface area contributed by atoms with Crippen molar-refractivity contribution >= 4 is 22.8 Å².